The number of hydrogen-bond donors (Lipinski definition) is 2. The molecule has 5 heteroatoms. The maximum atomic E-state index is 10.2. The zero-order chi connectivity index (χ0) is 7.33. The smallest absolute Gasteiger partial charge is 1.00 e. The molecule has 0 aromatic heterocycles. The molecule has 0 atom stereocenters. The molecule has 0 bridgehead atoms. The fourth-order valence-corrected chi connectivity index (χ4v) is 1.20. The van der Waals surface area contributed by atoms with Crippen LogP contribution in [0.2, 0.25) is 0 Å². The molecule has 0 rings (SSSR count). The van der Waals surface area contributed by atoms with Crippen LogP contribution in [0.25, 0.3) is 0 Å². The predicted molar refractivity (Wildman–Crippen MR) is 37.5 cm³/mol. The summed E-state index contributed by atoms with van der Waals surface area (Å²) in [7, 11) is -3.70. The third kappa shape index (κ3) is 12.8. The van der Waals surface area contributed by atoms with Gasteiger partial charge in [-0.15, -0.1) is 0 Å². The summed E-state index contributed by atoms with van der Waals surface area (Å²) in [5.74, 6) is 0. The second-order valence-corrected chi connectivity index (χ2v) is 3.87. The SMILES string of the molecule is CCCCCP(=O)(O)O.[Cs+].[H-]. The summed E-state index contributed by atoms with van der Waals surface area (Å²) in [5.41, 5.74) is 0. The van der Waals surface area contributed by atoms with Crippen LogP contribution >= 0.6 is 7.60 Å². The minimum Gasteiger partial charge on any atom is -1.00 e. The third-order valence-corrected chi connectivity index (χ3v) is 1.95. The van der Waals surface area contributed by atoms with Crippen molar-refractivity contribution in [2.24, 2.45) is 0 Å². The molecule has 0 heterocycles. The summed E-state index contributed by atoms with van der Waals surface area (Å²) in [5, 5.41) is 0. The van der Waals surface area contributed by atoms with Crippen LogP contribution in [0, 0.1) is 0 Å². The molecule has 0 aliphatic heterocycles. The van der Waals surface area contributed by atoms with E-state index in [1.807, 2.05) is 6.92 Å². The first kappa shape index (κ1) is 14.7. The van der Waals surface area contributed by atoms with E-state index >= 15 is 0 Å². The van der Waals surface area contributed by atoms with Crippen molar-refractivity contribution >= 4 is 7.60 Å². The molecule has 0 aromatic rings. The summed E-state index contributed by atoms with van der Waals surface area (Å²) in [4.78, 5) is 16.7. The average Bonchev–Trinajstić information content (AvgIpc) is 1.63. The van der Waals surface area contributed by atoms with Crippen molar-refractivity contribution < 1.29 is 84.7 Å². The van der Waals surface area contributed by atoms with Gasteiger partial charge in [0.1, 0.15) is 0 Å². The summed E-state index contributed by atoms with van der Waals surface area (Å²) < 4.78 is 10.2. The van der Waals surface area contributed by atoms with Gasteiger partial charge in [-0.3, -0.25) is 4.57 Å². The second-order valence-electron chi connectivity index (χ2n) is 2.10. The van der Waals surface area contributed by atoms with Crippen molar-refractivity contribution in [3.05, 3.63) is 0 Å². The molecule has 0 aromatic carbocycles. The minimum atomic E-state index is -3.70. The molecule has 0 aliphatic carbocycles. The average molecular weight is 286 g/mol. The molecule has 0 aliphatic rings. The zero-order valence-corrected chi connectivity index (χ0v) is 13.8. The van der Waals surface area contributed by atoms with Crippen LogP contribution in [0.1, 0.15) is 27.6 Å². The van der Waals surface area contributed by atoms with Crippen LogP contribution in [0.4, 0.5) is 0 Å². The van der Waals surface area contributed by atoms with Gasteiger partial charge in [0.05, 0.1) is 0 Å². The summed E-state index contributed by atoms with van der Waals surface area (Å²) in [6, 6.07) is 0. The maximum absolute atomic E-state index is 10.2. The van der Waals surface area contributed by atoms with E-state index in [9.17, 15) is 4.57 Å². The van der Waals surface area contributed by atoms with Gasteiger partial charge in [-0.1, -0.05) is 19.8 Å². The Labute approximate surface area is 122 Å². The Kier molecular flexibility index (Phi) is 11.5. The molecule has 0 amide bonds. The second kappa shape index (κ2) is 7.83. The Hall–Kier alpha value is 2.20. The van der Waals surface area contributed by atoms with Crippen LogP contribution in [0.15, 0.2) is 0 Å². The van der Waals surface area contributed by atoms with Crippen LogP contribution in [-0.4, -0.2) is 15.9 Å². The van der Waals surface area contributed by atoms with Gasteiger partial charge in [0.25, 0.3) is 0 Å². The van der Waals surface area contributed by atoms with Crippen molar-refractivity contribution in [1.29, 1.82) is 0 Å². The molecule has 0 spiro atoms. The van der Waals surface area contributed by atoms with Gasteiger partial charge in [-0.2, -0.15) is 0 Å². The normalized spacial score (nSPS) is 10.7. The Morgan fingerprint density at radius 1 is 1.40 bits per heavy atom. The van der Waals surface area contributed by atoms with Crippen molar-refractivity contribution in [3.8, 4) is 0 Å². The van der Waals surface area contributed by atoms with E-state index in [1.54, 1.807) is 0 Å². The van der Waals surface area contributed by atoms with Crippen LogP contribution in [-0.2, 0) is 4.57 Å². The molecule has 0 radical (unpaired) electrons. The van der Waals surface area contributed by atoms with Gasteiger partial charge in [-0.25, -0.2) is 0 Å². The Morgan fingerprint density at radius 3 is 2.20 bits per heavy atom. The van der Waals surface area contributed by atoms with Crippen molar-refractivity contribution in [2.75, 3.05) is 6.16 Å². The van der Waals surface area contributed by atoms with Crippen molar-refractivity contribution in [2.45, 2.75) is 26.2 Å². The first-order valence-corrected chi connectivity index (χ1v) is 4.90. The number of rotatable bonds is 4. The maximum Gasteiger partial charge on any atom is 1.00 e. The third-order valence-electron chi connectivity index (χ3n) is 1.05. The summed E-state index contributed by atoms with van der Waals surface area (Å²) in [6.07, 6.45) is 2.59. The molecule has 2 N–H and O–H groups in total. The zero-order valence-electron chi connectivity index (χ0n) is 7.58. The predicted octanol–water partition coefficient (Wildman–Crippen LogP) is -1.53. The van der Waals surface area contributed by atoms with E-state index in [-0.39, 0.29) is 76.5 Å². The van der Waals surface area contributed by atoms with Gasteiger partial charge in [-0.05, 0) is 6.42 Å². The molecule has 0 fully saturated rings. The number of unbranched alkanes of at least 4 members (excludes halogenated alkanes) is 2. The molecular formula is C5H14CsO3P. The minimum absolute atomic E-state index is 0. The van der Waals surface area contributed by atoms with E-state index in [0.717, 1.165) is 12.8 Å². The van der Waals surface area contributed by atoms with Gasteiger partial charge in [0, 0.05) is 6.16 Å². The van der Waals surface area contributed by atoms with E-state index in [2.05, 4.69) is 0 Å². The molecular weight excluding hydrogens is 272 g/mol. The van der Waals surface area contributed by atoms with Crippen molar-refractivity contribution in [1.82, 2.24) is 0 Å². The van der Waals surface area contributed by atoms with Crippen molar-refractivity contribution in [3.63, 3.8) is 0 Å². The Balaban J connectivity index is -0.000000320. The van der Waals surface area contributed by atoms with E-state index in [4.69, 9.17) is 9.79 Å². The first-order chi connectivity index (χ1) is 4.06. The largest absolute Gasteiger partial charge is 1.00 e. The molecule has 58 valence electrons. The summed E-state index contributed by atoms with van der Waals surface area (Å²) >= 11 is 0. The molecule has 0 unspecified atom stereocenters. The van der Waals surface area contributed by atoms with Crippen LogP contribution in [0.5, 0.6) is 0 Å². The van der Waals surface area contributed by atoms with E-state index in [1.165, 1.54) is 0 Å². The van der Waals surface area contributed by atoms with E-state index < -0.39 is 7.60 Å². The molecule has 3 nitrogen and oxygen atoms in total. The molecule has 0 saturated carbocycles. The van der Waals surface area contributed by atoms with Gasteiger partial charge < -0.3 is 11.2 Å². The van der Waals surface area contributed by atoms with E-state index in [0.29, 0.717) is 6.42 Å². The molecule has 0 saturated heterocycles. The molecule has 10 heavy (non-hydrogen) atoms. The van der Waals surface area contributed by atoms with Gasteiger partial charge in [0.15, 0.2) is 0 Å². The van der Waals surface area contributed by atoms with Crippen LogP contribution < -0.4 is 68.9 Å². The first-order valence-electron chi connectivity index (χ1n) is 3.11. The quantitative estimate of drug-likeness (QED) is 0.487. The van der Waals surface area contributed by atoms with Gasteiger partial charge in [0.2, 0.25) is 0 Å². The number of hydrogen-bond acceptors (Lipinski definition) is 1. The van der Waals surface area contributed by atoms with Gasteiger partial charge >= 0.3 is 76.5 Å². The standard InChI is InChI=1S/C5H13O3P.Cs.H/c1-2-3-4-5-9(6,7)8;;/h2-5H2,1H3,(H2,6,7,8);;/q;+1;-1. The topological polar surface area (TPSA) is 57.5 Å². The fraction of sp³-hybridized carbons (Fsp3) is 1.00. The fourth-order valence-electron chi connectivity index (χ4n) is 0.568. The monoisotopic (exact) mass is 286 g/mol. The Bertz CT molecular complexity index is 116. The Morgan fingerprint density at radius 2 is 1.90 bits per heavy atom. The summed E-state index contributed by atoms with van der Waals surface area (Å²) in [6.45, 7) is 2.00. The van der Waals surface area contributed by atoms with Crippen LogP contribution in [0.3, 0.4) is 0 Å².